The second-order valence-electron chi connectivity index (χ2n) is 11.7. The topological polar surface area (TPSA) is 119 Å². The number of aromatic nitrogens is 7. The van der Waals surface area contributed by atoms with Gasteiger partial charge in [0.1, 0.15) is 35.5 Å². The molecule has 0 saturated carbocycles. The fourth-order valence-corrected chi connectivity index (χ4v) is 6.39. The Hall–Kier alpha value is -5.46. The Balaban J connectivity index is 1.18. The second-order valence-corrected chi connectivity index (χ2v) is 11.7. The molecule has 2 aromatic carbocycles. The summed E-state index contributed by atoms with van der Waals surface area (Å²) in [5.74, 6) is -0.440. The number of anilines is 2. The fourth-order valence-electron chi connectivity index (χ4n) is 6.39. The van der Waals surface area contributed by atoms with Crippen LogP contribution in [-0.4, -0.2) is 65.9 Å². The summed E-state index contributed by atoms with van der Waals surface area (Å²) in [4.78, 5) is 33.6. The SMILES string of the molecule is CCCCCn1cnc2cccc(-c3cccc(NC4CC(C(=O)NC)N(c5ncnc6c5cnn6-c5ccc(F)cc5F)C4)n3)c21. The molecule has 6 aromatic rings. The first-order valence-electron chi connectivity index (χ1n) is 15.8. The normalized spacial score (nSPS) is 16.3. The van der Waals surface area contributed by atoms with Crippen LogP contribution < -0.4 is 15.5 Å². The standard InChI is InChI=1S/C34H34F2N10O/c1-3-4-5-14-44-20-40-27-10-6-8-23(31(27)44)26-9-7-11-30(43-26)42-22-16-29(34(47)37-2)45(18-22)32-24-17-41-46(33(24)39-19-38-32)28-13-12-21(35)15-25(28)36/h6-13,15,17,19-20,22,29H,3-5,14,16,18H2,1-2H3,(H,37,47)(H,42,43). The summed E-state index contributed by atoms with van der Waals surface area (Å²) in [6.07, 6.45) is 8.67. The number of nitrogens with zero attached hydrogens (tertiary/aromatic N) is 8. The zero-order valence-corrected chi connectivity index (χ0v) is 26.1. The van der Waals surface area contributed by atoms with Gasteiger partial charge in [-0.05, 0) is 43.2 Å². The van der Waals surface area contributed by atoms with Gasteiger partial charge in [-0.2, -0.15) is 5.10 Å². The molecule has 2 N–H and O–H groups in total. The number of fused-ring (bicyclic) bond motifs is 2. The van der Waals surface area contributed by atoms with Crippen LogP contribution in [0.25, 0.3) is 39.0 Å². The molecule has 2 atom stereocenters. The van der Waals surface area contributed by atoms with Gasteiger partial charge >= 0.3 is 0 Å². The molecule has 13 heteroatoms. The van der Waals surface area contributed by atoms with Crippen molar-refractivity contribution in [2.75, 3.05) is 23.8 Å². The van der Waals surface area contributed by atoms with Crippen molar-refractivity contribution in [2.24, 2.45) is 0 Å². The summed E-state index contributed by atoms with van der Waals surface area (Å²) in [6, 6.07) is 14.6. The van der Waals surface area contributed by atoms with Gasteiger partial charge in [0.05, 0.1) is 34.6 Å². The van der Waals surface area contributed by atoms with Crippen LogP contribution in [0.2, 0.25) is 0 Å². The molecular weight excluding hydrogens is 602 g/mol. The number of benzene rings is 2. The van der Waals surface area contributed by atoms with Gasteiger partial charge in [0.2, 0.25) is 5.91 Å². The third-order valence-corrected chi connectivity index (χ3v) is 8.62. The summed E-state index contributed by atoms with van der Waals surface area (Å²) in [6.45, 7) is 3.53. The highest BCUT2D eigenvalue weighted by molar-refractivity contribution is 5.93. The number of rotatable bonds is 10. The largest absolute Gasteiger partial charge is 0.365 e. The number of carbonyl (C=O) groups excluding carboxylic acids is 1. The number of imidazole rings is 1. The first kappa shape index (κ1) is 30.2. The summed E-state index contributed by atoms with van der Waals surface area (Å²) in [5, 5.41) is 11.2. The minimum Gasteiger partial charge on any atom is -0.365 e. The zero-order chi connectivity index (χ0) is 32.5. The van der Waals surface area contributed by atoms with E-state index in [0.717, 1.165) is 60.2 Å². The van der Waals surface area contributed by atoms with Crippen molar-refractivity contribution in [1.29, 1.82) is 0 Å². The molecule has 1 aliphatic rings. The van der Waals surface area contributed by atoms with Crippen molar-refractivity contribution in [1.82, 2.24) is 39.6 Å². The number of hydrogen-bond donors (Lipinski definition) is 2. The van der Waals surface area contributed by atoms with E-state index in [0.29, 0.717) is 35.6 Å². The number of likely N-dealkylation sites (N-methyl/N-ethyl adjacent to an activating group) is 1. The number of aryl methyl sites for hydroxylation is 1. The highest BCUT2D eigenvalue weighted by Gasteiger charge is 2.38. The lowest BCUT2D eigenvalue weighted by Crippen LogP contribution is -2.42. The van der Waals surface area contributed by atoms with Gasteiger partial charge in [-0.15, -0.1) is 0 Å². The molecular formula is C34H34F2N10O. The van der Waals surface area contributed by atoms with E-state index in [1.807, 2.05) is 41.6 Å². The average molecular weight is 637 g/mol. The van der Waals surface area contributed by atoms with Crippen molar-refractivity contribution in [3.05, 3.63) is 85.1 Å². The molecule has 1 saturated heterocycles. The quantitative estimate of drug-likeness (QED) is 0.189. The van der Waals surface area contributed by atoms with Gasteiger partial charge in [-0.25, -0.2) is 33.4 Å². The van der Waals surface area contributed by atoms with Crippen LogP contribution in [0.5, 0.6) is 0 Å². The van der Waals surface area contributed by atoms with Crippen LogP contribution in [0.4, 0.5) is 20.4 Å². The number of amides is 1. The molecule has 11 nitrogen and oxygen atoms in total. The third-order valence-electron chi connectivity index (χ3n) is 8.62. The van der Waals surface area contributed by atoms with Gasteiger partial charge in [0, 0.05) is 37.8 Å². The lowest BCUT2D eigenvalue weighted by molar-refractivity contribution is -0.121. The fraction of sp³-hybridized carbons (Fsp3) is 0.294. The maximum Gasteiger partial charge on any atom is 0.242 e. The lowest BCUT2D eigenvalue weighted by atomic mass is 10.1. The predicted octanol–water partition coefficient (Wildman–Crippen LogP) is 5.50. The molecule has 0 spiro atoms. The van der Waals surface area contributed by atoms with Crippen LogP contribution in [-0.2, 0) is 11.3 Å². The smallest absolute Gasteiger partial charge is 0.242 e. The average Bonchev–Trinajstić information content (AvgIpc) is 3.82. The van der Waals surface area contributed by atoms with E-state index in [1.54, 1.807) is 7.05 Å². The van der Waals surface area contributed by atoms with E-state index in [4.69, 9.17) is 4.98 Å². The van der Waals surface area contributed by atoms with E-state index in [2.05, 4.69) is 48.2 Å². The molecule has 47 heavy (non-hydrogen) atoms. The number of carbonyl (C=O) groups is 1. The second kappa shape index (κ2) is 12.7. The molecule has 0 bridgehead atoms. The van der Waals surface area contributed by atoms with Crippen molar-refractivity contribution >= 4 is 39.6 Å². The lowest BCUT2D eigenvalue weighted by Gasteiger charge is -2.24. The summed E-state index contributed by atoms with van der Waals surface area (Å²) < 4.78 is 31.8. The van der Waals surface area contributed by atoms with Gasteiger partial charge in [0.15, 0.2) is 11.5 Å². The van der Waals surface area contributed by atoms with E-state index in [9.17, 15) is 13.6 Å². The summed E-state index contributed by atoms with van der Waals surface area (Å²) in [5.41, 5.74) is 4.22. The molecule has 5 heterocycles. The molecule has 1 fully saturated rings. The van der Waals surface area contributed by atoms with Crippen LogP contribution in [0.1, 0.15) is 32.6 Å². The third kappa shape index (κ3) is 5.73. The van der Waals surface area contributed by atoms with Crippen molar-refractivity contribution in [3.63, 3.8) is 0 Å². The van der Waals surface area contributed by atoms with Crippen LogP contribution >= 0.6 is 0 Å². The Labute approximate surface area is 269 Å². The Morgan fingerprint density at radius 2 is 1.91 bits per heavy atom. The van der Waals surface area contributed by atoms with Gasteiger partial charge in [0.25, 0.3) is 0 Å². The number of unbranched alkanes of at least 4 members (excludes halogenated alkanes) is 2. The minimum absolute atomic E-state index is 0.0560. The molecule has 2 unspecified atom stereocenters. The maximum atomic E-state index is 14.7. The zero-order valence-electron chi connectivity index (χ0n) is 26.1. The van der Waals surface area contributed by atoms with Gasteiger partial charge in [-0.3, -0.25) is 4.79 Å². The molecule has 4 aromatic heterocycles. The maximum absolute atomic E-state index is 14.7. The summed E-state index contributed by atoms with van der Waals surface area (Å²) in [7, 11) is 1.60. The Morgan fingerprint density at radius 1 is 1.04 bits per heavy atom. The minimum atomic E-state index is -0.768. The first-order chi connectivity index (χ1) is 22.9. The van der Waals surface area contributed by atoms with Crippen LogP contribution in [0.3, 0.4) is 0 Å². The summed E-state index contributed by atoms with van der Waals surface area (Å²) >= 11 is 0. The van der Waals surface area contributed by atoms with E-state index in [1.165, 1.54) is 23.3 Å². The van der Waals surface area contributed by atoms with Crippen molar-refractivity contribution < 1.29 is 13.6 Å². The Kier molecular flexibility index (Phi) is 8.19. The molecule has 1 amide bonds. The van der Waals surface area contributed by atoms with E-state index in [-0.39, 0.29) is 17.6 Å². The number of hydrogen-bond acceptors (Lipinski definition) is 8. The van der Waals surface area contributed by atoms with E-state index < -0.39 is 17.7 Å². The Morgan fingerprint density at radius 3 is 2.74 bits per heavy atom. The number of pyridine rings is 1. The molecule has 240 valence electrons. The van der Waals surface area contributed by atoms with Gasteiger partial charge in [-0.1, -0.05) is 38.0 Å². The van der Waals surface area contributed by atoms with Crippen LogP contribution in [0, 0.1) is 11.6 Å². The highest BCUT2D eigenvalue weighted by atomic mass is 19.1. The molecule has 1 aliphatic heterocycles. The van der Waals surface area contributed by atoms with Crippen molar-refractivity contribution in [2.45, 2.75) is 51.2 Å². The predicted molar refractivity (Wildman–Crippen MR) is 176 cm³/mol. The molecule has 0 aliphatic carbocycles. The molecule has 0 radical (unpaired) electrons. The Bertz CT molecular complexity index is 2080. The van der Waals surface area contributed by atoms with Crippen molar-refractivity contribution in [3.8, 4) is 16.9 Å². The molecule has 7 rings (SSSR count). The first-order valence-corrected chi connectivity index (χ1v) is 15.8. The monoisotopic (exact) mass is 636 g/mol. The highest BCUT2D eigenvalue weighted by Crippen LogP contribution is 2.33. The van der Waals surface area contributed by atoms with Crippen LogP contribution in [0.15, 0.2) is 73.4 Å². The number of halogens is 2. The van der Waals surface area contributed by atoms with Gasteiger partial charge < -0.3 is 20.1 Å². The number of para-hydroxylation sites is 1. The number of nitrogens with one attached hydrogen (secondary N) is 2. The van der Waals surface area contributed by atoms with E-state index >= 15 is 0 Å².